The van der Waals surface area contributed by atoms with Crippen molar-refractivity contribution in [3.05, 3.63) is 83.7 Å². The molecule has 1 aromatic heterocycles. The van der Waals surface area contributed by atoms with Gasteiger partial charge < -0.3 is 4.57 Å². The largest absolute Gasteiger partial charge is 0.341 e. The molecular weight excluding hydrogens is 301 g/mol. The van der Waals surface area contributed by atoms with Crippen LogP contribution in [-0.2, 0) is 6.54 Å². The monoisotopic (exact) mass is 317 g/mol. The van der Waals surface area contributed by atoms with Gasteiger partial charge in [0.15, 0.2) is 5.78 Å². The van der Waals surface area contributed by atoms with Crippen molar-refractivity contribution in [3.63, 3.8) is 0 Å². The molecule has 118 valence electrons. The number of aromatic nitrogens is 1. The normalized spacial score (nSPS) is 11.2. The van der Waals surface area contributed by atoms with Gasteiger partial charge in [0.1, 0.15) is 5.82 Å². The highest BCUT2D eigenvalue weighted by Gasteiger charge is 2.14. The van der Waals surface area contributed by atoms with Gasteiger partial charge >= 0.3 is 0 Å². The first-order chi connectivity index (χ1) is 11.7. The molecular formula is C21H16FNO. The summed E-state index contributed by atoms with van der Waals surface area (Å²) in [5.74, 6) is -0.432. The van der Waals surface area contributed by atoms with E-state index in [4.69, 9.17) is 0 Å². The van der Waals surface area contributed by atoms with E-state index in [0.29, 0.717) is 11.1 Å². The van der Waals surface area contributed by atoms with Crippen molar-refractivity contribution in [2.75, 3.05) is 0 Å². The van der Waals surface area contributed by atoms with Gasteiger partial charge in [0, 0.05) is 39.5 Å². The SMILES string of the molecule is CCn1c2ccccc2c2cc(C(=O)c3ccc(F)cc3)ccc21. The summed E-state index contributed by atoms with van der Waals surface area (Å²) in [7, 11) is 0. The molecule has 0 spiro atoms. The molecule has 0 radical (unpaired) electrons. The Hall–Kier alpha value is -2.94. The standard InChI is InChI=1S/C21H16FNO/c1-2-23-19-6-4-3-5-17(19)18-13-15(9-12-20(18)23)21(24)14-7-10-16(22)11-8-14/h3-13H,2H2,1H3. The number of benzene rings is 3. The van der Waals surface area contributed by atoms with Crippen molar-refractivity contribution in [2.24, 2.45) is 0 Å². The molecule has 1 heterocycles. The van der Waals surface area contributed by atoms with Crippen LogP contribution < -0.4 is 0 Å². The van der Waals surface area contributed by atoms with Crippen LogP contribution in [0.4, 0.5) is 4.39 Å². The first kappa shape index (κ1) is 14.6. The molecule has 0 aliphatic heterocycles. The highest BCUT2D eigenvalue weighted by atomic mass is 19.1. The number of fused-ring (bicyclic) bond motifs is 3. The van der Waals surface area contributed by atoms with Gasteiger partial charge in [-0.1, -0.05) is 18.2 Å². The highest BCUT2D eigenvalue weighted by Crippen LogP contribution is 2.30. The molecule has 0 aliphatic rings. The first-order valence-corrected chi connectivity index (χ1v) is 8.00. The number of aryl methyl sites for hydroxylation is 1. The van der Waals surface area contributed by atoms with Crippen molar-refractivity contribution in [1.82, 2.24) is 4.57 Å². The molecule has 0 saturated heterocycles. The Labute approximate surface area is 139 Å². The molecule has 0 unspecified atom stereocenters. The molecule has 4 rings (SSSR count). The molecule has 0 atom stereocenters. The number of rotatable bonds is 3. The molecule has 0 amide bonds. The minimum atomic E-state index is -0.340. The van der Waals surface area contributed by atoms with Crippen molar-refractivity contribution in [1.29, 1.82) is 0 Å². The van der Waals surface area contributed by atoms with Gasteiger partial charge in [-0.3, -0.25) is 4.79 Å². The fraction of sp³-hybridized carbons (Fsp3) is 0.0952. The fourth-order valence-electron chi connectivity index (χ4n) is 3.30. The summed E-state index contributed by atoms with van der Waals surface area (Å²) < 4.78 is 15.3. The van der Waals surface area contributed by atoms with Gasteiger partial charge in [-0.2, -0.15) is 0 Å². The van der Waals surface area contributed by atoms with Gasteiger partial charge in [0.25, 0.3) is 0 Å². The van der Waals surface area contributed by atoms with Crippen LogP contribution in [0.3, 0.4) is 0 Å². The third-order valence-corrected chi connectivity index (χ3v) is 4.46. The molecule has 0 bridgehead atoms. The van der Waals surface area contributed by atoms with E-state index >= 15 is 0 Å². The minimum Gasteiger partial charge on any atom is -0.341 e. The maximum absolute atomic E-state index is 13.1. The summed E-state index contributed by atoms with van der Waals surface area (Å²) in [5.41, 5.74) is 3.40. The lowest BCUT2D eigenvalue weighted by Gasteiger charge is -2.04. The molecule has 2 nitrogen and oxygen atoms in total. The summed E-state index contributed by atoms with van der Waals surface area (Å²) in [6, 6.07) is 19.7. The topological polar surface area (TPSA) is 22.0 Å². The number of carbonyl (C=O) groups excluding carboxylic acids is 1. The summed E-state index contributed by atoms with van der Waals surface area (Å²) in [6.07, 6.45) is 0. The van der Waals surface area contributed by atoms with Crippen LogP contribution in [0.2, 0.25) is 0 Å². The maximum atomic E-state index is 13.1. The second-order valence-electron chi connectivity index (χ2n) is 5.83. The predicted molar refractivity (Wildman–Crippen MR) is 95.0 cm³/mol. The third-order valence-electron chi connectivity index (χ3n) is 4.46. The average Bonchev–Trinajstić information content (AvgIpc) is 2.95. The number of nitrogens with zero attached hydrogens (tertiary/aromatic N) is 1. The molecule has 0 N–H and O–H groups in total. The van der Waals surface area contributed by atoms with E-state index < -0.39 is 0 Å². The van der Waals surface area contributed by atoms with Crippen LogP contribution in [0.25, 0.3) is 21.8 Å². The van der Waals surface area contributed by atoms with Gasteiger partial charge in [0.05, 0.1) is 0 Å². The summed E-state index contributed by atoms with van der Waals surface area (Å²) >= 11 is 0. The average molecular weight is 317 g/mol. The Bertz CT molecular complexity index is 1060. The Kier molecular flexibility index (Phi) is 3.42. The Morgan fingerprint density at radius 3 is 2.29 bits per heavy atom. The van der Waals surface area contributed by atoms with Crippen molar-refractivity contribution in [2.45, 2.75) is 13.5 Å². The molecule has 24 heavy (non-hydrogen) atoms. The Morgan fingerprint density at radius 2 is 1.54 bits per heavy atom. The van der Waals surface area contributed by atoms with E-state index in [-0.39, 0.29) is 11.6 Å². The number of halogens is 1. The number of hydrogen-bond donors (Lipinski definition) is 0. The second-order valence-corrected chi connectivity index (χ2v) is 5.83. The number of para-hydroxylation sites is 1. The maximum Gasteiger partial charge on any atom is 0.193 e. The molecule has 0 saturated carbocycles. The van der Waals surface area contributed by atoms with E-state index in [1.165, 1.54) is 29.8 Å². The number of hydrogen-bond acceptors (Lipinski definition) is 1. The highest BCUT2D eigenvalue weighted by molar-refractivity contribution is 6.14. The Morgan fingerprint density at radius 1 is 0.875 bits per heavy atom. The van der Waals surface area contributed by atoms with Crippen LogP contribution in [0, 0.1) is 5.82 Å². The smallest absolute Gasteiger partial charge is 0.193 e. The lowest BCUT2D eigenvalue weighted by molar-refractivity contribution is 0.103. The van der Waals surface area contributed by atoms with Crippen molar-refractivity contribution in [3.8, 4) is 0 Å². The molecule has 3 heteroatoms. The minimum absolute atomic E-state index is 0.0924. The zero-order valence-electron chi connectivity index (χ0n) is 13.3. The van der Waals surface area contributed by atoms with Crippen LogP contribution in [0.15, 0.2) is 66.7 Å². The van der Waals surface area contributed by atoms with E-state index in [1.807, 2.05) is 30.3 Å². The summed E-state index contributed by atoms with van der Waals surface area (Å²) in [5, 5.41) is 2.21. The van der Waals surface area contributed by atoms with Gasteiger partial charge in [-0.05, 0) is 55.5 Å². The second kappa shape index (κ2) is 5.60. The zero-order chi connectivity index (χ0) is 16.7. The summed E-state index contributed by atoms with van der Waals surface area (Å²) in [4.78, 5) is 12.7. The van der Waals surface area contributed by atoms with Crippen molar-refractivity contribution < 1.29 is 9.18 Å². The third kappa shape index (κ3) is 2.21. The molecule has 0 aliphatic carbocycles. The molecule has 3 aromatic carbocycles. The Balaban J connectivity index is 1.91. The summed E-state index contributed by atoms with van der Waals surface area (Å²) in [6.45, 7) is 2.98. The van der Waals surface area contributed by atoms with Crippen LogP contribution in [0.5, 0.6) is 0 Å². The van der Waals surface area contributed by atoms with Gasteiger partial charge in [-0.25, -0.2) is 4.39 Å². The van der Waals surface area contributed by atoms with E-state index in [0.717, 1.165) is 22.8 Å². The molecule has 0 fully saturated rings. The van der Waals surface area contributed by atoms with Gasteiger partial charge in [0.2, 0.25) is 0 Å². The predicted octanol–water partition coefficient (Wildman–Crippen LogP) is 5.18. The van der Waals surface area contributed by atoms with E-state index in [9.17, 15) is 9.18 Å². The lowest BCUT2D eigenvalue weighted by Crippen LogP contribution is -2.01. The van der Waals surface area contributed by atoms with Crippen LogP contribution in [0.1, 0.15) is 22.8 Å². The van der Waals surface area contributed by atoms with E-state index in [2.05, 4.69) is 23.6 Å². The van der Waals surface area contributed by atoms with Crippen LogP contribution in [-0.4, -0.2) is 10.4 Å². The lowest BCUT2D eigenvalue weighted by atomic mass is 10.0. The van der Waals surface area contributed by atoms with Gasteiger partial charge in [-0.15, -0.1) is 0 Å². The fourth-order valence-corrected chi connectivity index (χ4v) is 3.30. The molecule has 4 aromatic rings. The zero-order valence-corrected chi connectivity index (χ0v) is 13.3. The number of carbonyl (C=O) groups is 1. The number of ketones is 1. The van der Waals surface area contributed by atoms with Crippen molar-refractivity contribution >= 4 is 27.6 Å². The van der Waals surface area contributed by atoms with E-state index in [1.54, 1.807) is 0 Å². The van der Waals surface area contributed by atoms with Crippen LogP contribution >= 0.6 is 0 Å². The quantitative estimate of drug-likeness (QED) is 0.477. The first-order valence-electron chi connectivity index (χ1n) is 8.00.